The number of carbonyl (C=O) groups is 3. The van der Waals surface area contributed by atoms with Gasteiger partial charge >= 0.3 is 12.1 Å². The molecule has 3 N–H and O–H groups in total. The van der Waals surface area contributed by atoms with Crippen molar-refractivity contribution in [3.05, 3.63) is 0 Å². The number of carboxylic acid groups (broad SMARTS) is 1. The van der Waals surface area contributed by atoms with Gasteiger partial charge < -0.3 is 15.3 Å². The Kier molecular flexibility index (Phi) is 1.28. The van der Waals surface area contributed by atoms with E-state index in [1.807, 2.05) is 0 Å². The van der Waals surface area contributed by atoms with E-state index in [4.69, 9.17) is 5.11 Å². The van der Waals surface area contributed by atoms with Crippen LogP contribution in [0.4, 0.5) is 9.59 Å². The van der Waals surface area contributed by atoms with Crippen molar-refractivity contribution in [2.75, 3.05) is 13.1 Å². The lowest BCUT2D eigenvalue weighted by molar-refractivity contribution is -0.128. The van der Waals surface area contributed by atoms with Gasteiger partial charge in [-0.05, 0) is 0 Å². The molecule has 0 radical (unpaired) electrons. The molecule has 7 heteroatoms. The van der Waals surface area contributed by atoms with Crippen LogP contribution >= 0.6 is 0 Å². The summed E-state index contributed by atoms with van der Waals surface area (Å²) in [6.07, 6.45) is -1.08. The van der Waals surface area contributed by atoms with Crippen LogP contribution in [0.15, 0.2) is 0 Å². The second-order valence-electron chi connectivity index (χ2n) is 3.13. The number of amides is 4. The number of imide groups is 1. The lowest BCUT2D eigenvalue weighted by atomic mass is 9.91. The predicted octanol–water partition coefficient (Wildman–Crippen LogP) is -1.44. The second-order valence-corrected chi connectivity index (χ2v) is 3.13. The van der Waals surface area contributed by atoms with E-state index in [1.165, 1.54) is 0 Å². The Labute approximate surface area is 72.7 Å². The number of urea groups is 1. The molecule has 2 rings (SSSR count). The molecule has 0 aromatic heterocycles. The smallest absolute Gasteiger partial charge is 0.407 e. The van der Waals surface area contributed by atoms with Crippen molar-refractivity contribution in [3.63, 3.8) is 0 Å². The van der Waals surface area contributed by atoms with Crippen molar-refractivity contribution in [2.24, 2.45) is 0 Å². The molecule has 7 nitrogen and oxygen atoms in total. The van der Waals surface area contributed by atoms with Crippen LogP contribution < -0.4 is 10.6 Å². The summed E-state index contributed by atoms with van der Waals surface area (Å²) in [5.74, 6) is -0.449. The van der Waals surface area contributed by atoms with Crippen molar-refractivity contribution in [1.29, 1.82) is 0 Å². The molecule has 0 aromatic rings. The second kappa shape index (κ2) is 2.12. The number of rotatable bonds is 0. The molecule has 2 aliphatic heterocycles. The Hall–Kier alpha value is -1.79. The van der Waals surface area contributed by atoms with E-state index in [2.05, 4.69) is 10.6 Å². The minimum atomic E-state index is -1.08. The van der Waals surface area contributed by atoms with Gasteiger partial charge in [0.25, 0.3) is 5.91 Å². The molecule has 70 valence electrons. The van der Waals surface area contributed by atoms with Gasteiger partial charge in [-0.15, -0.1) is 0 Å². The molecule has 2 aliphatic rings. The molecule has 0 atom stereocenters. The first-order chi connectivity index (χ1) is 6.03. The van der Waals surface area contributed by atoms with Gasteiger partial charge in [-0.3, -0.25) is 10.1 Å². The third-order valence-corrected chi connectivity index (χ3v) is 2.21. The van der Waals surface area contributed by atoms with Crippen molar-refractivity contribution >= 4 is 18.0 Å². The summed E-state index contributed by atoms with van der Waals surface area (Å²) in [5.41, 5.74) is -1.00. The van der Waals surface area contributed by atoms with Crippen LogP contribution in [0.25, 0.3) is 0 Å². The normalized spacial score (nSPS) is 23.8. The molecule has 2 fully saturated rings. The molecular formula is C6H7N3O4. The minimum Gasteiger partial charge on any atom is -0.465 e. The van der Waals surface area contributed by atoms with E-state index in [0.717, 1.165) is 4.90 Å². The summed E-state index contributed by atoms with van der Waals surface area (Å²) in [4.78, 5) is 33.3. The zero-order chi connectivity index (χ0) is 9.64. The van der Waals surface area contributed by atoms with Crippen LogP contribution in [0.5, 0.6) is 0 Å². The van der Waals surface area contributed by atoms with Gasteiger partial charge in [-0.1, -0.05) is 0 Å². The highest BCUT2D eigenvalue weighted by atomic mass is 16.4. The molecule has 4 amide bonds. The molecule has 0 aliphatic carbocycles. The van der Waals surface area contributed by atoms with Gasteiger partial charge in [0.1, 0.15) is 0 Å². The van der Waals surface area contributed by atoms with Crippen LogP contribution in [0.3, 0.4) is 0 Å². The number of hydrogen-bond donors (Lipinski definition) is 3. The highest BCUT2D eigenvalue weighted by Gasteiger charge is 2.56. The van der Waals surface area contributed by atoms with E-state index >= 15 is 0 Å². The maximum Gasteiger partial charge on any atom is 0.407 e. The topological polar surface area (TPSA) is 98.7 Å². The maximum atomic E-state index is 11.1. The molecule has 0 aromatic carbocycles. The highest BCUT2D eigenvalue weighted by Crippen LogP contribution is 2.23. The fourth-order valence-corrected chi connectivity index (χ4v) is 1.49. The van der Waals surface area contributed by atoms with Gasteiger partial charge in [-0.2, -0.15) is 0 Å². The average molecular weight is 185 g/mol. The van der Waals surface area contributed by atoms with Gasteiger partial charge in [0.2, 0.25) is 0 Å². The van der Waals surface area contributed by atoms with Crippen molar-refractivity contribution in [2.45, 2.75) is 5.54 Å². The van der Waals surface area contributed by atoms with E-state index < -0.39 is 23.6 Å². The molecule has 1 spiro atoms. The summed E-state index contributed by atoms with van der Waals surface area (Å²) < 4.78 is 0. The largest absolute Gasteiger partial charge is 0.465 e. The highest BCUT2D eigenvalue weighted by molar-refractivity contribution is 6.08. The third-order valence-electron chi connectivity index (χ3n) is 2.21. The number of nitrogens with one attached hydrogen (secondary N) is 2. The van der Waals surface area contributed by atoms with E-state index in [0.29, 0.717) is 0 Å². The molecule has 13 heavy (non-hydrogen) atoms. The summed E-state index contributed by atoms with van der Waals surface area (Å²) in [7, 11) is 0. The third kappa shape index (κ3) is 0.930. The van der Waals surface area contributed by atoms with Crippen LogP contribution in [-0.4, -0.2) is 46.7 Å². The first kappa shape index (κ1) is 7.84. The quantitative estimate of drug-likeness (QED) is 0.402. The van der Waals surface area contributed by atoms with Gasteiger partial charge in [0, 0.05) is 0 Å². The Morgan fingerprint density at radius 2 is 2.08 bits per heavy atom. The Balaban J connectivity index is 2.07. The van der Waals surface area contributed by atoms with Gasteiger partial charge in [0.15, 0.2) is 5.54 Å². The van der Waals surface area contributed by atoms with Gasteiger partial charge in [-0.25, -0.2) is 9.59 Å². The van der Waals surface area contributed by atoms with Crippen LogP contribution in [-0.2, 0) is 4.79 Å². The van der Waals surface area contributed by atoms with E-state index in [-0.39, 0.29) is 13.1 Å². The lowest BCUT2D eigenvalue weighted by Gasteiger charge is -2.43. The Morgan fingerprint density at radius 3 is 2.46 bits per heavy atom. The monoisotopic (exact) mass is 185 g/mol. The summed E-state index contributed by atoms with van der Waals surface area (Å²) in [5, 5.41) is 13.0. The molecule has 0 unspecified atom stereocenters. The SMILES string of the molecule is O=C1NC(=O)C2(CN(C(=O)O)C2)N1. The number of hydrogen-bond acceptors (Lipinski definition) is 3. The fourth-order valence-electron chi connectivity index (χ4n) is 1.49. The first-order valence-electron chi connectivity index (χ1n) is 3.65. The lowest BCUT2D eigenvalue weighted by Crippen LogP contribution is -2.71. The molecule has 2 heterocycles. The van der Waals surface area contributed by atoms with E-state index in [9.17, 15) is 14.4 Å². The number of nitrogens with zero attached hydrogens (tertiary/aromatic N) is 1. The minimum absolute atomic E-state index is 0.0277. The standard InChI is InChI=1S/C6H7N3O4/c10-3-6(8-4(11)7-3)1-9(2-6)5(12)13/h1-2H2,(H,12,13)(H2,7,8,10,11). The summed E-state index contributed by atoms with van der Waals surface area (Å²) >= 11 is 0. The first-order valence-corrected chi connectivity index (χ1v) is 3.65. The van der Waals surface area contributed by atoms with Crippen LogP contribution in [0.2, 0.25) is 0 Å². The van der Waals surface area contributed by atoms with Crippen LogP contribution in [0.1, 0.15) is 0 Å². The van der Waals surface area contributed by atoms with Crippen molar-refractivity contribution < 1.29 is 19.5 Å². The molecule has 2 saturated heterocycles. The molecule has 0 saturated carbocycles. The average Bonchev–Trinajstić information content (AvgIpc) is 2.21. The zero-order valence-electron chi connectivity index (χ0n) is 6.53. The summed E-state index contributed by atoms with van der Waals surface area (Å²) in [6, 6.07) is -0.560. The van der Waals surface area contributed by atoms with Gasteiger partial charge in [0.05, 0.1) is 13.1 Å². The zero-order valence-corrected chi connectivity index (χ0v) is 6.53. The van der Waals surface area contributed by atoms with E-state index in [1.54, 1.807) is 0 Å². The Morgan fingerprint density at radius 1 is 1.46 bits per heavy atom. The van der Waals surface area contributed by atoms with Crippen molar-refractivity contribution in [3.8, 4) is 0 Å². The van der Waals surface area contributed by atoms with Crippen LogP contribution in [0, 0.1) is 0 Å². The van der Waals surface area contributed by atoms with Crippen molar-refractivity contribution in [1.82, 2.24) is 15.5 Å². The summed E-state index contributed by atoms with van der Waals surface area (Å²) in [6.45, 7) is 0.0554. The number of likely N-dealkylation sites (tertiary alicyclic amines) is 1. The fraction of sp³-hybridized carbons (Fsp3) is 0.500. The maximum absolute atomic E-state index is 11.1. The molecule has 0 bridgehead atoms. The number of carbonyl (C=O) groups excluding carboxylic acids is 2. The Bertz CT molecular complexity index is 307. The molecular weight excluding hydrogens is 178 g/mol. The predicted molar refractivity (Wildman–Crippen MR) is 39.0 cm³/mol.